The number of rotatable bonds is 19. The van der Waals surface area contributed by atoms with Crippen molar-refractivity contribution in [3.05, 3.63) is 89.5 Å². The van der Waals surface area contributed by atoms with Crippen LogP contribution < -0.4 is 14.2 Å². The highest BCUT2D eigenvalue weighted by atomic mass is 16.6. The highest BCUT2D eigenvalue weighted by Crippen LogP contribution is 2.17. The molecule has 4 N–H and O–H groups in total. The summed E-state index contributed by atoms with van der Waals surface area (Å²) in [6, 6.07) is 22.7. The lowest BCUT2D eigenvalue weighted by atomic mass is 10.2. The van der Waals surface area contributed by atoms with Gasteiger partial charge in [0.25, 0.3) is 0 Å². The van der Waals surface area contributed by atoms with Gasteiger partial charge >= 0.3 is 0 Å². The SMILES string of the molecule is CCc1ccc(OCC(COCc2ccc(OCC(O)CO)cc2)OCc2ccc(OCC(O)CO)cc2)cc1. The normalized spacial score (nSPS) is 13.4. The maximum absolute atomic E-state index is 9.44. The van der Waals surface area contributed by atoms with Crippen molar-refractivity contribution in [3.63, 3.8) is 0 Å². The molecule has 0 saturated heterocycles. The van der Waals surface area contributed by atoms with Crippen LogP contribution in [0.5, 0.6) is 17.2 Å². The predicted molar refractivity (Wildman–Crippen MR) is 150 cm³/mol. The van der Waals surface area contributed by atoms with Crippen LogP contribution in [0.25, 0.3) is 0 Å². The largest absolute Gasteiger partial charge is 0.491 e. The minimum Gasteiger partial charge on any atom is -0.491 e. The molecule has 9 nitrogen and oxygen atoms in total. The predicted octanol–water partition coefficient (Wildman–Crippen LogP) is 2.89. The number of aliphatic hydroxyl groups is 4. The van der Waals surface area contributed by atoms with Crippen LogP contribution in [0.4, 0.5) is 0 Å². The summed E-state index contributed by atoms with van der Waals surface area (Å²) >= 11 is 0. The van der Waals surface area contributed by atoms with Gasteiger partial charge in [-0.3, -0.25) is 0 Å². The van der Waals surface area contributed by atoms with Crippen LogP contribution in [-0.2, 0) is 29.1 Å². The Kier molecular flexibility index (Phi) is 13.7. The van der Waals surface area contributed by atoms with Crippen LogP contribution in [0.2, 0.25) is 0 Å². The second kappa shape index (κ2) is 17.5. The highest BCUT2D eigenvalue weighted by molar-refractivity contribution is 5.28. The third kappa shape index (κ3) is 11.5. The highest BCUT2D eigenvalue weighted by Gasteiger charge is 2.13. The molecule has 3 rings (SSSR count). The fourth-order valence-electron chi connectivity index (χ4n) is 3.53. The molecular weight excluding hydrogens is 516 g/mol. The zero-order valence-corrected chi connectivity index (χ0v) is 22.9. The Morgan fingerprint density at radius 1 is 0.550 bits per heavy atom. The first-order chi connectivity index (χ1) is 19.5. The number of hydrogen-bond donors (Lipinski definition) is 4. The molecule has 3 aromatic rings. The Hall–Kier alpha value is -3.18. The van der Waals surface area contributed by atoms with Gasteiger partial charge in [0.1, 0.15) is 55.4 Å². The minimum absolute atomic E-state index is 0.0188. The molecule has 0 fully saturated rings. The van der Waals surface area contributed by atoms with Crippen molar-refractivity contribution in [2.24, 2.45) is 0 Å². The molecule has 3 atom stereocenters. The molecule has 40 heavy (non-hydrogen) atoms. The molecule has 0 radical (unpaired) electrons. The van der Waals surface area contributed by atoms with Crippen LogP contribution in [-0.4, -0.2) is 78.4 Å². The third-order valence-electron chi connectivity index (χ3n) is 5.98. The van der Waals surface area contributed by atoms with Gasteiger partial charge in [-0.1, -0.05) is 43.3 Å². The van der Waals surface area contributed by atoms with Crippen LogP contribution in [0.1, 0.15) is 23.6 Å². The summed E-state index contributed by atoms with van der Waals surface area (Å²) in [5.74, 6) is 1.95. The minimum atomic E-state index is -0.917. The van der Waals surface area contributed by atoms with Crippen molar-refractivity contribution in [2.75, 3.05) is 39.6 Å². The second-order valence-electron chi connectivity index (χ2n) is 9.34. The van der Waals surface area contributed by atoms with E-state index in [0.29, 0.717) is 37.9 Å². The summed E-state index contributed by atoms with van der Waals surface area (Å²) in [4.78, 5) is 0. The molecule has 218 valence electrons. The zero-order chi connectivity index (χ0) is 28.6. The molecule has 0 heterocycles. The lowest BCUT2D eigenvalue weighted by molar-refractivity contribution is -0.0489. The van der Waals surface area contributed by atoms with Crippen LogP contribution >= 0.6 is 0 Å². The molecule has 0 amide bonds. The molecular formula is C31H40O9. The van der Waals surface area contributed by atoms with Crippen molar-refractivity contribution >= 4 is 0 Å². The van der Waals surface area contributed by atoms with E-state index < -0.39 is 12.2 Å². The van der Waals surface area contributed by atoms with Gasteiger partial charge in [-0.15, -0.1) is 0 Å². The maximum Gasteiger partial charge on any atom is 0.119 e. The molecule has 9 heteroatoms. The molecule has 0 aliphatic carbocycles. The number of aryl methyl sites for hydroxylation is 1. The molecule has 3 aromatic carbocycles. The van der Waals surface area contributed by atoms with Gasteiger partial charge in [-0.05, 0) is 59.5 Å². The van der Waals surface area contributed by atoms with E-state index in [9.17, 15) is 10.2 Å². The van der Waals surface area contributed by atoms with Gasteiger partial charge in [-0.25, -0.2) is 0 Å². The van der Waals surface area contributed by atoms with Gasteiger partial charge in [0.2, 0.25) is 0 Å². The lowest BCUT2D eigenvalue weighted by Gasteiger charge is -2.19. The van der Waals surface area contributed by atoms with E-state index in [4.69, 9.17) is 33.9 Å². The molecule has 3 unspecified atom stereocenters. The van der Waals surface area contributed by atoms with Crippen molar-refractivity contribution in [1.82, 2.24) is 0 Å². The number of aliphatic hydroxyl groups excluding tert-OH is 4. The maximum atomic E-state index is 9.44. The fourth-order valence-corrected chi connectivity index (χ4v) is 3.53. The van der Waals surface area contributed by atoms with Crippen LogP contribution in [0.15, 0.2) is 72.8 Å². The Morgan fingerprint density at radius 3 is 1.43 bits per heavy atom. The average Bonchev–Trinajstić information content (AvgIpc) is 3.01. The fraction of sp³-hybridized carbons (Fsp3) is 0.419. The van der Waals surface area contributed by atoms with E-state index in [-0.39, 0.29) is 32.5 Å². The number of benzene rings is 3. The summed E-state index contributed by atoms with van der Waals surface area (Å²) in [7, 11) is 0. The zero-order valence-electron chi connectivity index (χ0n) is 22.9. The summed E-state index contributed by atoms with van der Waals surface area (Å²) in [6.45, 7) is 2.79. The summed E-state index contributed by atoms with van der Waals surface area (Å²) < 4.78 is 29.0. The lowest BCUT2D eigenvalue weighted by Crippen LogP contribution is -2.27. The van der Waals surface area contributed by atoms with Crippen LogP contribution in [0, 0.1) is 0 Å². The molecule has 0 aliphatic heterocycles. The topological polar surface area (TPSA) is 127 Å². The van der Waals surface area contributed by atoms with E-state index in [1.165, 1.54) is 5.56 Å². The third-order valence-corrected chi connectivity index (χ3v) is 5.98. The number of hydrogen-bond acceptors (Lipinski definition) is 9. The van der Waals surface area contributed by atoms with Gasteiger partial charge < -0.3 is 44.1 Å². The summed E-state index contributed by atoms with van der Waals surface area (Å²) in [6.07, 6.45) is -1.20. The molecule has 0 bridgehead atoms. The van der Waals surface area contributed by atoms with Crippen molar-refractivity contribution in [1.29, 1.82) is 0 Å². The Morgan fingerprint density at radius 2 is 0.975 bits per heavy atom. The Balaban J connectivity index is 1.52. The molecule has 0 saturated carbocycles. The summed E-state index contributed by atoms with van der Waals surface area (Å²) in [5.41, 5.74) is 3.13. The second-order valence-corrected chi connectivity index (χ2v) is 9.34. The van der Waals surface area contributed by atoms with Gasteiger partial charge in [0.05, 0.1) is 33.0 Å². The molecule has 0 aromatic heterocycles. The standard InChI is InChI=1S/C31H40O9/c1-2-23-3-9-30(10-4-23)40-22-31(37-18-25-7-13-29(14-8-25)39-20-27(35)16-33)21-36-17-24-5-11-28(12-6-24)38-19-26(34)15-32/h3-14,26-27,31-35H,2,15-22H2,1H3. The summed E-state index contributed by atoms with van der Waals surface area (Å²) in [5, 5.41) is 36.7. The van der Waals surface area contributed by atoms with E-state index in [2.05, 4.69) is 6.92 Å². The Labute approximate surface area is 235 Å². The first kappa shape index (κ1) is 31.3. The quantitative estimate of drug-likeness (QED) is 0.176. The van der Waals surface area contributed by atoms with E-state index in [1.807, 2.05) is 48.5 Å². The van der Waals surface area contributed by atoms with Crippen molar-refractivity contribution in [2.45, 2.75) is 44.9 Å². The average molecular weight is 557 g/mol. The van der Waals surface area contributed by atoms with Crippen molar-refractivity contribution in [3.8, 4) is 17.2 Å². The molecule has 0 spiro atoms. The first-order valence-corrected chi connectivity index (χ1v) is 13.4. The van der Waals surface area contributed by atoms with E-state index >= 15 is 0 Å². The first-order valence-electron chi connectivity index (χ1n) is 13.4. The monoisotopic (exact) mass is 556 g/mol. The smallest absolute Gasteiger partial charge is 0.119 e. The van der Waals surface area contributed by atoms with Gasteiger partial charge in [-0.2, -0.15) is 0 Å². The van der Waals surface area contributed by atoms with Gasteiger partial charge in [0, 0.05) is 0 Å². The van der Waals surface area contributed by atoms with Crippen LogP contribution in [0.3, 0.4) is 0 Å². The Bertz CT molecular complexity index is 1070. The van der Waals surface area contributed by atoms with E-state index in [1.54, 1.807) is 24.3 Å². The number of ether oxygens (including phenoxy) is 5. The van der Waals surface area contributed by atoms with Crippen molar-refractivity contribution < 1.29 is 44.1 Å². The van der Waals surface area contributed by atoms with Gasteiger partial charge in [0.15, 0.2) is 0 Å². The van der Waals surface area contributed by atoms with E-state index in [0.717, 1.165) is 23.3 Å². The molecule has 0 aliphatic rings.